The number of halogens is 1. The van der Waals surface area contributed by atoms with E-state index in [0.29, 0.717) is 5.95 Å². The maximum absolute atomic E-state index is 5.91. The minimum Gasteiger partial charge on any atom is -0.492 e. The first-order valence-electron chi connectivity index (χ1n) is 11.7. The fourth-order valence-electron chi connectivity index (χ4n) is 4.26. The van der Waals surface area contributed by atoms with Crippen LogP contribution in [0.15, 0.2) is 54.9 Å². The minimum absolute atomic E-state index is 0.546. The highest BCUT2D eigenvalue weighted by molar-refractivity contribution is 14.1. The van der Waals surface area contributed by atoms with Gasteiger partial charge in [-0.1, -0.05) is 28.7 Å². The van der Waals surface area contributed by atoms with Crippen LogP contribution >= 0.6 is 22.6 Å². The van der Waals surface area contributed by atoms with Gasteiger partial charge in [0, 0.05) is 45.7 Å². The summed E-state index contributed by atoms with van der Waals surface area (Å²) in [6, 6.07) is 14.3. The third kappa shape index (κ3) is 5.28. The van der Waals surface area contributed by atoms with Crippen molar-refractivity contribution in [2.24, 2.45) is 0 Å². The van der Waals surface area contributed by atoms with E-state index in [1.165, 1.54) is 31.5 Å². The van der Waals surface area contributed by atoms with E-state index in [2.05, 4.69) is 66.3 Å². The summed E-state index contributed by atoms with van der Waals surface area (Å²) in [5, 5.41) is 7.95. The van der Waals surface area contributed by atoms with Gasteiger partial charge in [-0.2, -0.15) is 4.98 Å². The van der Waals surface area contributed by atoms with Crippen molar-refractivity contribution in [3.63, 3.8) is 0 Å². The van der Waals surface area contributed by atoms with E-state index in [0.717, 1.165) is 57.0 Å². The van der Waals surface area contributed by atoms with Crippen LogP contribution in [0.25, 0.3) is 10.9 Å². The van der Waals surface area contributed by atoms with Gasteiger partial charge >= 0.3 is 0 Å². The maximum Gasteiger partial charge on any atom is 0.229 e. The first-order chi connectivity index (χ1) is 16.7. The van der Waals surface area contributed by atoms with Gasteiger partial charge in [-0.05, 0) is 74.8 Å². The van der Waals surface area contributed by atoms with Gasteiger partial charge in [-0.25, -0.2) is 4.98 Å². The van der Waals surface area contributed by atoms with Crippen molar-refractivity contribution in [1.29, 1.82) is 0 Å². The van der Waals surface area contributed by atoms with Crippen molar-refractivity contribution in [2.75, 3.05) is 36.9 Å². The maximum atomic E-state index is 5.91. The quantitative estimate of drug-likeness (QED) is 0.166. The fourth-order valence-corrected chi connectivity index (χ4v) is 4.89. The second-order valence-electron chi connectivity index (χ2n) is 8.57. The molecule has 2 aromatic heterocycles. The second-order valence-corrected chi connectivity index (χ2v) is 9.33. The average molecular weight is 568 g/mol. The van der Waals surface area contributed by atoms with Crippen LogP contribution in [0.1, 0.15) is 24.0 Å². The minimum atomic E-state index is 0.546. The Kier molecular flexibility index (Phi) is 7.15. The zero-order chi connectivity index (χ0) is 23.3. The lowest BCUT2D eigenvalue weighted by atomic mass is 10.1. The van der Waals surface area contributed by atoms with E-state index in [4.69, 9.17) is 9.72 Å². The number of rotatable bonds is 9. The van der Waals surface area contributed by atoms with Crippen LogP contribution in [0, 0.1) is 6.92 Å². The molecule has 34 heavy (non-hydrogen) atoms. The molecule has 1 fully saturated rings. The van der Waals surface area contributed by atoms with Crippen molar-refractivity contribution in [2.45, 2.75) is 24.2 Å². The Balaban J connectivity index is 1.24. The van der Waals surface area contributed by atoms with Crippen LogP contribution in [-0.4, -0.2) is 46.1 Å². The lowest BCUT2D eigenvalue weighted by Crippen LogP contribution is -2.25. The Labute approximate surface area is 213 Å². The molecule has 3 heterocycles. The van der Waals surface area contributed by atoms with Crippen molar-refractivity contribution in [1.82, 2.24) is 19.9 Å². The molecule has 0 radical (unpaired) electrons. The van der Waals surface area contributed by atoms with Gasteiger partial charge in [0.1, 0.15) is 18.2 Å². The molecular formula is C26H29IN6O. The van der Waals surface area contributed by atoms with Crippen molar-refractivity contribution < 1.29 is 4.74 Å². The van der Waals surface area contributed by atoms with E-state index in [9.17, 15) is 0 Å². The molecule has 176 valence electrons. The molecule has 0 amide bonds. The average Bonchev–Trinajstić information content (AvgIpc) is 3.55. The van der Waals surface area contributed by atoms with Crippen LogP contribution in [-0.2, 0) is 4.43 Å². The van der Waals surface area contributed by atoms with Crippen LogP contribution < -0.4 is 15.4 Å². The molecule has 3 N–H and O–H groups in total. The number of alkyl halides is 1. The largest absolute Gasteiger partial charge is 0.492 e. The molecule has 0 aliphatic carbocycles. The zero-order valence-electron chi connectivity index (χ0n) is 19.3. The number of likely N-dealkylation sites (tertiary alicyclic amines) is 1. The molecule has 5 rings (SSSR count). The van der Waals surface area contributed by atoms with Crippen molar-refractivity contribution >= 4 is 56.6 Å². The molecule has 1 aliphatic rings. The molecule has 0 atom stereocenters. The van der Waals surface area contributed by atoms with E-state index in [-0.39, 0.29) is 0 Å². The first-order valence-corrected chi connectivity index (χ1v) is 13.2. The number of aromatic amines is 1. The van der Waals surface area contributed by atoms with Gasteiger partial charge in [0.15, 0.2) is 0 Å². The summed E-state index contributed by atoms with van der Waals surface area (Å²) in [5.41, 5.74) is 5.37. The van der Waals surface area contributed by atoms with Crippen molar-refractivity contribution in [3.8, 4) is 5.75 Å². The summed E-state index contributed by atoms with van der Waals surface area (Å²) in [7, 11) is 0. The molecule has 1 saturated heterocycles. The Morgan fingerprint density at radius 2 is 1.88 bits per heavy atom. The summed E-state index contributed by atoms with van der Waals surface area (Å²) >= 11 is 2.39. The van der Waals surface area contributed by atoms with Gasteiger partial charge in [0.05, 0.1) is 5.52 Å². The van der Waals surface area contributed by atoms with Crippen LogP contribution in [0.3, 0.4) is 0 Å². The fraction of sp³-hybridized carbons (Fsp3) is 0.308. The number of nitrogens with zero attached hydrogens (tertiary/aromatic N) is 3. The molecule has 0 unspecified atom stereocenters. The smallest absolute Gasteiger partial charge is 0.229 e. The van der Waals surface area contributed by atoms with Crippen LogP contribution in [0.5, 0.6) is 5.75 Å². The third-order valence-corrected chi connectivity index (χ3v) is 6.99. The first kappa shape index (κ1) is 22.9. The number of aryl methyl sites for hydroxylation is 1. The normalized spacial score (nSPS) is 13.9. The number of ether oxygens (including phenoxy) is 1. The van der Waals surface area contributed by atoms with Gasteiger partial charge in [-0.3, -0.25) is 4.90 Å². The topological polar surface area (TPSA) is 78.1 Å². The van der Waals surface area contributed by atoms with E-state index >= 15 is 0 Å². The van der Waals surface area contributed by atoms with Crippen molar-refractivity contribution in [3.05, 3.63) is 66.0 Å². The number of hydrogen-bond acceptors (Lipinski definition) is 6. The molecule has 2 aromatic carbocycles. The number of benzene rings is 2. The molecule has 0 spiro atoms. The molecule has 0 bridgehead atoms. The zero-order valence-corrected chi connectivity index (χ0v) is 21.4. The molecule has 0 saturated carbocycles. The highest BCUT2D eigenvalue weighted by Crippen LogP contribution is 2.30. The number of H-pyrrole nitrogens is 1. The Bertz CT molecular complexity index is 1250. The highest BCUT2D eigenvalue weighted by atomic mass is 127. The predicted octanol–water partition coefficient (Wildman–Crippen LogP) is 6.16. The lowest BCUT2D eigenvalue weighted by Gasteiger charge is -2.15. The molecule has 1 aliphatic heterocycles. The van der Waals surface area contributed by atoms with Gasteiger partial charge < -0.3 is 20.4 Å². The standard InChI is InChI=1S/C26H29IN6O/c1-18-17-29-26(30-20-5-7-21(8-6-20)34-15-14-33-12-2-3-13-33)32-25(18)31-23-9-4-19(16-27)24-22(23)10-11-28-24/h4-11,17,28H,2-3,12-16H2,1H3,(H2,29,30,31,32). The Hall–Kier alpha value is -2.85. The second kappa shape index (κ2) is 10.6. The number of fused-ring (bicyclic) bond motifs is 1. The Morgan fingerprint density at radius 3 is 2.68 bits per heavy atom. The number of anilines is 4. The van der Waals surface area contributed by atoms with Crippen LogP contribution in [0.2, 0.25) is 0 Å². The predicted molar refractivity (Wildman–Crippen MR) is 147 cm³/mol. The summed E-state index contributed by atoms with van der Waals surface area (Å²) < 4.78 is 6.86. The number of aromatic nitrogens is 3. The molecule has 4 aromatic rings. The molecular weight excluding hydrogens is 539 g/mol. The molecule has 8 heteroatoms. The highest BCUT2D eigenvalue weighted by Gasteiger charge is 2.12. The van der Waals surface area contributed by atoms with E-state index in [1.807, 2.05) is 43.6 Å². The van der Waals surface area contributed by atoms with Gasteiger partial charge in [0.2, 0.25) is 5.95 Å². The van der Waals surface area contributed by atoms with Gasteiger partial charge in [0.25, 0.3) is 0 Å². The summed E-state index contributed by atoms with van der Waals surface area (Å²) in [6.07, 6.45) is 6.42. The number of nitrogens with one attached hydrogen (secondary N) is 3. The summed E-state index contributed by atoms with van der Waals surface area (Å²) in [6.45, 7) is 6.10. The van der Waals surface area contributed by atoms with E-state index in [1.54, 1.807) is 0 Å². The summed E-state index contributed by atoms with van der Waals surface area (Å²) in [5.74, 6) is 2.21. The number of hydrogen-bond donors (Lipinski definition) is 3. The lowest BCUT2D eigenvalue weighted by molar-refractivity contribution is 0.238. The monoisotopic (exact) mass is 568 g/mol. The summed E-state index contributed by atoms with van der Waals surface area (Å²) in [4.78, 5) is 15.0. The SMILES string of the molecule is Cc1cnc(Nc2ccc(OCCN3CCCC3)cc2)nc1Nc1ccc(CI)c2[nH]ccc12. The Morgan fingerprint density at radius 1 is 1.06 bits per heavy atom. The third-order valence-electron chi connectivity index (χ3n) is 6.16. The van der Waals surface area contributed by atoms with Crippen LogP contribution in [0.4, 0.5) is 23.1 Å². The molecule has 7 nitrogen and oxygen atoms in total. The van der Waals surface area contributed by atoms with E-state index < -0.39 is 0 Å². The van der Waals surface area contributed by atoms with Gasteiger partial charge in [-0.15, -0.1) is 0 Å².